The molecule has 0 atom stereocenters. The number of hydrogen-bond donors (Lipinski definition) is 1. The van der Waals surface area contributed by atoms with E-state index >= 15 is 0 Å². The van der Waals surface area contributed by atoms with Crippen molar-refractivity contribution in [2.24, 2.45) is 0 Å². The Morgan fingerprint density at radius 3 is 2.91 bits per heavy atom. The van der Waals surface area contributed by atoms with Crippen molar-refractivity contribution < 1.29 is 9.21 Å². The van der Waals surface area contributed by atoms with Gasteiger partial charge in [-0.25, -0.2) is 0 Å². The average Bonchev–Trinajstić information content (AvgIpc) is 3.00. The number of carbonyl (C=O) groups excluding carboxylic acids is 1. The van der Waals surface area contributed by atoms with E-state index in [4.69, 9.17) is 4.42 Å². The molecule has 0 saturated carbocycles. The fourth-order valence-corrected chi connectivity index (χ4v) is 2.71. The third-order valence-corrected chi connectivity index (χ3v) is 3.87. The van der Waals surface area contributed by atoms with Crippen LogP contribution in [-0.2, 0) is 30.8 Å². The molecule has 3 heterocycles. The van der Waals surface area contributed by atoms with E-state index in [1.165, 1.54) is 6.92 Å². The topological polar surface area (TPSA) is 76.2 Å². The van der Waals surface area contributed by atoms with Gasteiger partial charge in [0.2, 0.25) is 5.91 Å². The lowest BCUT2D eigenvalue weighted by molar-refractivity contribution is -0.119. The second-order valence-corrected chi connectivity index (χ2v) is 5.63. The number of nitrogens with zero attached hydrogens (tertiary/aromatic N) is 4. The maximum absolute atomic E-state index is 11.0. The molecule has 2 aromatic rings. The third kappa shape index (κ3) is 3.36. The zero-order valence-electron chi connectivity index (χ0n) is 13.0. The summed E-state index contributed by atoms with van der Waals surface area (Å²) >= 11 is 0. The Labute approximate surface area is 129 Å². The maximum atomic E-state index is 11.0. The van der Waals surface area contributed by atoms with Crippen molar-refractivity contribution in [1.29, 1.82) is 0 Å². The van der Waals surface area contributed by atoms with E-state index in [0.29, 0.717) is 6.54 Å². The second kappa shape index (κ2) is 6.31. The van der Waals surface area contributed by atoms with Gasteiger partial charge in [0.1, 0.15) is 17.3 Å². The van der Waals surface area contributed by atoms with Crippen LogP contribution in [0.15, 0.2) is 16.5 Å². The number of furan rings is 1. The molecule has 7 heteroatoms. The first kappa shape index (κ1) is 14.8. The fraction of sp³-hybridized carbons (Fsp3) is 0.533. The molecule has 0 fully saturated rings. The van der Waals surface area contributed by atoms with Crippen LogP contribution in [-0.4, -0.2) is 38.7 Å². The summed E-state index contributed by atoms with van der Waals surface area (Å²) < 4.78 is 7.76. The molecule has 0 aliphatic carbocycles. The Morgan fingerprint density at radius 1 is 1.32 bits per heavy atom. The number of amides is 1. The zero-order chi connectivity index (χ0) is 15.5. The van der Waals surface area contributed by atoms with E-state index in [-0.39, 0.29) is 5.91 Å². The van der Waals surface area contributed by atoms with Gasteiger partial charge in [-0.2, -0.15) is 0 Å². The first-order valence-corrected chi connectivity index (χ1v) is 7.55. The lowest BCUT2D eigenvalue weighted by atomic mass is 10.3. The highest BCUT2D eigenvalue weighted by Crippen LogP contribution is 2.14. The van der Waals surface area contributed by atoms with E-state index in [2.05, 4.69) is 25.0 Å². The van der Waals surface area contributed by atoms with E-state index in [9.17, 15) is 4.79 Å². The van der Waals surface area contributed by atoms with Crippen LogP contribution in [0.25, 0.3) is 0 Å². The minimum absolute atomic E-state index is 0.0548. The molecule has 2 aromatic heterocycles. The molecule has 118 valence electrons. The van der Waals surface area contributed by atoms with Gasteiger partial charge in [0.15, 0.2) is 5.82 Å². The maximum Gasteiger partial charge on any atom is 0.217 e. The minimum Gasteiger partial charge on any atom is -0.465 e. The molecule has 0 spiro atoms. The van der Waals surface area contributed by atoms with Crippen LogP contribution in [0.4, 0.5) is 0 Å². The molecule has 1 aliphatic rings. The van der Waals surface area contributed by atoms with Gasteiger partial charge in [-0.15, -0.1) is 10.2 Å². The van der Waals surface area contributed by atoms with Crippen molar-refractivity contribution in [2.75, 3.05) is 13.1 Å². The Kier molecular flexibility index (Phi) is 4.24. The Hall–Kier alpha value is -2.15. The van der Waals surface area contributed by atoms with Gasteiger partial charge in [0.25, 0.3) is 0 Å². The number of rotatable bonds is 4. The molecule has 3 rings (SSSR count). The van der Waals surface area contributed by atoms with Gasteiger partial charge in [-0.3, -0.25) is 9.69 Å². The van der Waals surface area contributed by atoms with Crippen LogP contribution < -0.4 is 5.32 Å². The van der Waals surface area contributed by atoms with Crippen LogP contribution in [0.1, 0.15) is 30.1 Å². The number of aryl methyl sites for hydroxylation is 1. The summed E-state index contributed by atoms with van der Waals surface area (Å²) in [6.07, 6.45) is 0.854. The Balaban J connectivity index is 1.63. The van der Waals surface area contributed by atoms with Gasteiger partial charge in [-0.1, -0.05) is 0 Å². The van der Waals surface area contributed by atoms with Crippen LogP contribution in [0.5, 0.6) is 0 Å². The predicted molar refractivity (Wildman–Crippen MR) is 80.0 cm³/mol. The summed E-state index contributed by atoms with van der Waals surface area (Å²) in [5.74, 6) is 3.69. The number of carbonyl (C=O) groups is 1. The first-order chi connectivity index (χ1) is 10.6. The highest BCUT2D eigenvalue weighted by atomic mass is 16.3. The van der Waals surface area contributed by atoms with Crippen molar-refractivity contribution >= 4 is 5.91 Å². The number of fused-ring (bicyclic) bond motifs is 1. The van der Waals surface area contributed by atoms with Crippen molar-refractivity contribution in [2.45, 2.75) is 39.9 Å². The third-order valence-electron chi connectivity index (χ3n) is 3.87. The summed E-state index contributed by atoms with van der Waals surface area (Å²) in [4.78, 5) is 13.4. The molecule has 0 unspecified atom stereocenters. The van der Waals surface area contributed by atoms with Gasteiger partial charge >= 0.3 is 0 Å². The number of nitrogens with one attached hydrogen (secondary N) is 1. The van der Waals surface area contributed by atoms with E-state index < -0.39 is 0 Å². The summed E-state index contributed by atoms with van der Waals surface area (Å²) in [6, 6.07) is 4.02. The standard InChI is InChI=1S/C15H21N5O2/c1-11-3-4-13(22-11)10-19-6-5-14-17-18-15(9-16-12(2)21)20(14)8-7-19/h3-4H,5-10H2,1-2H3,(H,16,21). The molecule has 0 bridgehead atoms. The van der Waals surface area contributed by atoms with Crippen molar-refractivity contribution in [3.05, 3.63) is 35.3 Å². The highest BCUT2D eigenvalue weighted by Gasteiger charge is 2.19. The lowest BCUT2D eigenvalue weighted by Crippen LogP contribution is -2.27. The molecular formula is C15H21N5O2. The predicted octanol–water partition coefficient (Wildman–Crippen LogP) is 0.874. The molecule has 7 nitrogen and oxygen atoms in total. The van der Waals surface area contributed by atoms with E-state index in [0.717, 1.165) is 55.8 Å². The van der Waals surface area contributed by atoms with Gasteiger partial charge in [0.05, 0.1) is 13.1 Å². The van der Waals surface area contributed by atoms with Gasteiger partial charge < -0.3 is 14.3 Å². The normalized spacial score (nSPS) is 15.4. The molecular weight excluding hydrogens is 282 g/mol. The van der Waals surface area contributed by atoms with Gasteiger partial charge in [0, 0.05) is 33.0 Å². The zero-order valence-corrected chi connectivity index (χ0v) is 13.0. The van der Waals surface area contributed by atoms with E-state index in [1.807, 2.05) is 19.1 Å². The van der Waals surface area contributed by atoms with Crippen LogP contribution in [0, 0.1) is 6.92 Å². The van der Waals surface area contributed by atoms with Crippen molar-refractivity contribution in [3.8, 4) is 0 Å². The molecule has 0 aromatic carbocycles. The molecule has 22 heavy (non-hydrogen) atoms. The minimum atomic E-state index is -0.0548. The van der Waals surface area contributed by atoms with Crippen molar-refractivity contribution in [1.82, 2.24) is 25.0 Å². The van der Waals surface area contributed by atoms with Crippen molar-refractivity contribution in [3.63, 3.8) is 0 Å². The lowest BCUT2D eigenvalue weighted by Gasteiger charge is -2.18. The molecule has 1 amide bonds. The average molecular weight is 303 g/mol. The SMILES string of the molecule is CC(=O)NCc1nnc2n1CCN(Cc1ccc(C)o1)CC2. The Bertz CT molecular complexity index is 661. The quantitative estimate of drug-likeness (QED) is 0.907. The second-order valence-electron chi connectivity index (χ2n) is 5.63. The van der Waals surface area contributed by atoms with Gasteiger partial charge in [-0.05, 0) is 19.1 Å². The summed E-state index contributed by atoms with van der Waals surface area (Å²) in [5.41, 5.74) is 0. The fourth-order valence-electron chi connectivity index (χ4n) is 2.71. The van der Waals surface area contributed by atoms with Crippen LogP contribution in [0.2, 0.25) is 0 Å². The Morgan fingerprint density at radius 2 is 2.18 bits per heavy atom. The van der Waals surface area contributed by atoms with E-state index in [1.54, 1.807) is 0 Å². The summed E-state index contributed by atoms with van der Waals surface area (Å²) in [6.45, 7) is 7.38. The number of aromatic nitrogens is 3. The molecule has 0 radical (unpaired) electrons. The molecule has 1 aliphatic heterocycles. The molecule has 1 N–H and O–H groups in total. The summed E-state index contributed by atoms with van der Waals surface area (Å²) in [5, 5.41) is 11.2. The highest BCUT2D eigenvalue weighted by molar-refractivity contribution is 5.72. The molecule has 0 saturated heterocycles. The smallest absolute Gasteiger partial charge is 0.217 e. The largest absolute Gasteiger partial charge is 0.465 e. The monoisotopic (exact) mass is 303 g/mol. The van der Waals surface area contributed by atoms with Crippen LogP contribution in [0.3, 0.4) is 0 Å². The number of hydrogen-bond acceptors (Lipinski definition) is 5. The summed E-state index contributed by atoms with van der Waals surface area (Å²) in [7, 11) is 0. The van der Waals surface area contributed by atoms with Crippen LogP contribution >= 0.6 is 0 Å². The first-order valence-electron chi connectivity index (χ1n) is 7.55.